The highest BCUT2D eigenvalue weighted by Crippen LogP contribution is 2.40. The summed E-state index contributed by atoms with van der Waals surface area (Å²) in [6.45, 7) is 3.55. The molecule has 2 N–H and O–H groups in total. The third-order valence-electron chi connectivity index (χ3n) is 5.49. The number of anilines is 1. The Morgan fingerprint density at radius 3 is 2.45 bits per heavy atom. The number of hydrogen-bond donors (Lipinski definition) is 1. The molecule has 2 aromatic heterocycles. The molecule has 0 atom stereocenters. The number of amides is 1. The Balaban J connectivity index is 1.87. The Morgan fingerprint density at radius 1 is 1.09 bits per heavy atom. The summed E-state index contributed by atoms with van der Waals surface area (Å²) in [6.07, 6.45) is -2.15. The van der Waals surface area contributed by atoms with E-state index >= 15 is 0 Å². The van der Waals surface area contributed by atoms with E-state index in [1.165, 1.54) is 24.5 Å². The molecule has 0 saturated carbocycles. The minimum absolute atomic E-state index is 0.0644. The fourth-order valence-corrected chi connectivity index (χ4v) is 3.88. The lowest BCUT2D eigenvalue weighted by atomic mass is 9.92. The molecular formula is C23H20F4N4O2. The number of carbonyl (C=O) groups is 1. The minimum atomic E-state index is -4.72. The normalized spacial score (nSPS) is 14.4. The molecule has 3 heterocycles. The molecule has 0 aliphatic carbocycles. The van der Waals surface area contributed by atoms with Gasteiger partial charge in [-0.2, -0.15) is 17.6 Å². The van der Waals surface area contributed by atoms with E-state index in [-0.39, 0.29) is 22.4 Å². The molecule has 172 valence electrons. The van der Waals surface area contributed by atoms with Crippen molar-refractivity contribution in [3.8, 4) is 22.3 Å². The first kappa shape index (κ1) is 22.7. The van der Waals surface area contributed by atoms with Crippen LogP contribution in [0.3, 0.4) is 0 Å². The highest BCUT2D eigenvalue weighted by Gasteiger charge is 2.35. The molecule has 1 aromatic carbocycles. The predicted octanol–water partition coefficient (Wildman–Crippen LogP) is 4.21. The largest absolute Gasteiger partial charge is 0.417 e. The average Bonchev–Trinajstić information content (AvgIpc) is 2.79. The minimum Gasteiger partial charge on any atom is -0.378 e. The Labute approximate surface area is 187 Å². The average molecular weight is 460 g/mol. The number of nitrogens with zero attached hydrogens (tertiary/aromatic N) is 3. The lowest BCUT2D eigenvalue weighted by molar-refractivity contribution is -0.137. The smallest absolute Gasteiger partial charge is 0.378 e. The zero-order valence-electron chi connectivity index (χ0n) is 17.6. The van der Waals surface area contributed by atoms with E-state index in [2.05, 4.69) is 9.97 Å². The molecule has 0 bridgehead atoms. The number of rotatable bonds is 4. The second kappa shape index (κ2) is 8.78. The Hall–Kier alpha value is -3.53. The van der Waals surface area contributed by atoms with Gasteiger partial charge < -0.3 is 15.4 Å². The summed E-state index contributed by atoms with van der Waals surface area (Å²) in [4.78, 5) is 21.8. The molecule has 3 aromatic rings. The van der Waals surface area contributed by atoms with Gasteiger partial charge in [0.05, 0.1) is 24.5 Å². The van der Waals surface area contributed by atoms with Gasteiger partial charge in [0, 0.05) is 59.0 Å². The highest BCUT2D eigenvalue weighted by atomic mass is 19.4. The molecular weight excluding hydrogens is 440 g/mol. The van der Waals surface area contributed by atoms with E-state index in [1.54, 1.807) is 17.9 Å². The number of hydrogen-bond acceptors (Lipinski definition) is 5. The number of aromatic nitrogens is 2. The molecule has 4 rings (SSSR count). The lowest BCUT2D eigenvalue weighted by Gasteiger charge is -2.29. The number of pyridine rings is 2. The van der Waals surface area contributed by atoms with Crippen molar-refractivity contribution >= 4 is 11.6 Å². The summed E-state index contributed by atoms with van der Waals surface area (Å²) in [5, 5.41) is 0. The maximum atomic E-state index is 14.5. The highest BCUT2D eigenvalue weighted by molar-refractivity contribution is 6.01. The van der Waals surface area contributed by atoms with Crippen LogP contribution in [0.2, 0.25) is 0 Å². The first-order valence-corrected chi connectivity index (χ1v) is 10.1. The van der Waals surface area contributed by atoms with Crippen LogP contribution >= 0.6 is 0 Å². The molecule has 1 saturated heterocycles. The molecule has 1 aliphatic rings. The molecule has 0 unspecified atom stereocenters. The van der Waals surface area contributed by atoms with Crippen LogP contribution in [0.1, 0.15) is 21.6 Å². The molecule has 1 fully saturated rings. The van der Waals surface area contributed by atoms with E-state index in [0.29, 0.717) is 43.1 Å². The van der Waals surface area contributed by atoms with E-state index in [0.717, 1.165) is 12.1 Å². The van der Waals surface area contributed by atoms with E-state index in [4.69, 9.17) is 10.5 Å². The zero-order valence-corrected chi connectivity index (χ0v) is 17.6. The van der Waals surface area contributed by atoms with Crippen LogP contribution in [0.25, 0.3) is 22.3 Å². The van der Waals surface area contributed by atoms with Crippen molar-refractivity contribution < 1.29 is 27.1 Å². The van der Waals surface area contributed by atoms with Crippen LogP contribution < -0.4 is 10.6 Å². The van der Waals surface area contributed by atoms with E-state index in [1.807, 2.05) is 0 Å². The number of halogens is 4. The van der Waals surface area contributed by atoms with Gasteiger partial charge in [-0.05, 0) is 31.2 Å². The predicted molar refractivity (Wildman–Crippen MR) is 114 cm³/mol. The maximum absolute atomic E-state index is 14.5. The topological polar surface area (TPSA) is 81.3 Å². The number of ether oxygens (including phenoxy) is 1. The van der Waals surface area contributed by atoms with Gasteiger partial charge in [-0.15, -0.1) is 0 Å². The number of morpholine rings is 1. The molecule has 10 heteroatoms. The van der Waals surface area contributed by atoms with Crippen LogP contribution in [-0.2, 0) is 10.9 Å². The first-order valence-electron chi connectivity index (χ1n) is 10.1. The van der Waals surface area contributed by atoms with Gasteiger partial charge in [-0.25, -0.2) is 4.98 Å². The van der Waals surface area contributed by atoms with Gasteiger partial charge in [-0.3, -0.25) is 9.78 Å². The van der Waals surface area contributed by atoms with Crippen molar-refractivity contribution in [1.29, 1.82) is 0 Å². The number of aryl methyl sites for hydroxylation is 1. The van der Waals surface area contributed by atoms with Crippen LogP contribution in [0.5, 0.6) is 0 Å². The fourth-order valence-electron chi connectivity index (χ4n) is 3.88. The molecule has 0 radical (unpaired) electrons. The van der Waals surface area contributed by atoms with Crippen molar-refractivity contribution in [1.82, 2.24) is 9.97 Å². The summed E-state index contributed by atoms with van der Waals surface area (Å²) in [7, 11) is 0. The van der Waals surface area contributed by atoms with E-state index in [9.17, 15) is 22.4 Å². The number of benzene rings is 1. The van der Waals surface area contributed by atoms with Crippen molar-refractivity contribution in [2.24, 2.45) is 5.73 Å². The van der Waals surface area contributed by atoms with Gasteiger partial charge in [0.2, 0.25) is 11.9 Å². The SMILES string of the molecule is Cc1ncc(-c2c(C(N)=O)cccc2C(F)(F)F)cc1-c1cnc(F)c(N2CCOCC2)c1. The van der Waals surface area contributed by atoms with Gasteiger partial charge in [0.25, 0.3) is 0 Å². The maximum Gasteiger partial charge on any atom is 0.417 e. The Morgan fingerprint density at radius 2 is 1.79 bits per heavy atom. The van der Waals surface area contributed by atoms with Crippen molar-refractivity contribution in [3.63, 3.8) is 0 Å². The third kappa shape index (κ3) is 4.51. The molecule has 1 aliphatic heterocycles. The molecule has 6 nitrogen and oxygen atoms in total. The Kier molecular flexibility index (Phi) is 6.03. The van der Waals surface area contributed by atoms with Crippen molar-refractivity contribution in [2.75, 3.05) is 31.2 Å². The van der Waals surface area contributed by atoms with E-state index < -0.39 is 23.6 Å². The van der Waals surface area contributed by atoms with Gasteiger partial charge in [0.15, 0.2) is 0 Å². The number of nitrogens with two attached hydrogens (primary N) is 1. The number of alkyl halides is 3. The van der Waals surface area contributed by atoms with Crippen LogP contribution in [0.15, 0.2) is 42.7 Å². The standard InChI is InChI=1S/C23H20F4N4O2/c1-13-17(14-10-19(21(24)30-11-14)31-5-7-33-8-6-31)9-15(12-29-13)20-16(22(28)32)3-2-4-18(20)23(25,26)27/h2-4,9-12H,5-8H2,1H3,(H2,28,32). The molecule has 33 heavy (non-hydrogen) atoms. The summed E-state index contributed by atoms with van der Waals surface area (Å²) in [5.74, 6) is -1.64. The summed E-state index contributed by atoms with van der Waals surface area (Å²) in [5.41, 5.74) is 5.53. The number of primary amides is 1. The number of carbonyl (C=O) groups excluding carboxylic acids is 1. The first-order chi connectivity index (χ1) is 15.7. The van der Waals surface area contributed by atoms with Gasteiger partial charge in [-0.1, -0.05) is 6.07 Å². The quantitative estimate of drug-likeness (QED) is 0.466. The summed E-state index contributed by atoms with van der Waals surface area (Å²) < 4.78 is 61.0. The third-order valence-corrected chi connectivity index (χ3v) is 5.49. The Bertz CT molecular complexity index is 1210. The van der Waals surface area contributed by atoms with Crippen molar-refractivity contribution in [3.05, 3.63) is 65.5 Å². The van der Waals surface area contributed by atoms with Crippen LogP contribution in [0, 0.1) is 12.9 Å². The summed E-state index contributed by atoms with van der Waals surface area (Å²) in [6, 6.07) is 6.33. The molecule has 1 amide bonds. The summed E-state index contributed by atoms with van der Waals surface area (Å²) >= 11 is 0. The fraction of sp³-hybridized carbons (Fsp3) is 0.261. The monoisotopic (exact) mass is 460 g/mol. The lowest BCUT2D eigenvalue weighted by Crippen LogP contribution is -2.36. The molecule has 0 spiro atoms. The van der Waals surface area contributed by atoms with Crippen LogP contribution in [0.4, 0.5) is 23.2 Å². The van der Waals surface area contributed by atoms with Gasteiger partial charge >= 0.3 is 6.18 Å². The van der Waals surface area contributed by atoms with Crippen LogP contribution in [-0.4, -0.2) is 42.2 Å². The van der Waals surface area contributed by atoms with Gasteiger partial charge in [0.1, 0.15) is 0 Å². The van der Waals surface area contributed by atoms with Crippen molar-refractivity contribution in [2.45, 2.75) is 13.1 Å². The second-order valence-corrected chi connectivity index (χ2v) is 7.58. The second-order valence-electron chi connectivity index (χ2n) is 7.58. The zero-order chi connectivity index (χ0) is 23.8.